The lowest BCUT2D eigenvalue weighted by Crippen LogP contribution is -2.09. The summed E-state index contributed by atoms with van der Waals surface area (Å²) < 4.78 is 6.36. The van der Waals surface area contributed by atoms with Crippen LogP contribution in [0.25, 0.3) is 66.1 Å². The highest BCUT2D eigenvalue weighted by molar-refractivity contribution is 6.09. The van der Waals surface area contributed by atoms with Gasteiger partial charge in [-0.2, -0.15) is 0 Å². The predicted molar refractivity (Wildman–Crippen MR) is 202 cm³/mol. The topological polar surface area (TPSA) is 16.4 Å². The van der Waals surface area contributed by atoms with Gasteiger partial charge in [0.25, 0.3) is 0 Å². The molecule has 0 spiro atoms. The van der Waals surface area contributed by atoms with E-state index >= 15 is 0 Å². The van der Waals surface area contributed by atoms with E-state index in [4.69, 9.17) is 4.42 Å². The summed E-state index contributed by atoms with van der Waals surface area (Å²) in [7, 11) is 0. The molecule has 0 saturated heterocycles. The van der Waals surface area contributed by atoms with Gasteiger partial charge in [0, 0.05) is 33.4 Å². The summed E-state index contributed by atoms with van der Waals surface area (Å²) in [4.78, 5) is 2.33. The zero-order valence-corrected chi connectivity index (χ0v) is 26.3. The van der Waals surface area contributed by atoms with Crippen molar-refractivity contribution in [2.24, 2.45) is 0 Å². The summed E-state index contributed by atoms with van der Waals surface area (Å²) in [6.07, 6.45) is 0. The summed E-state index contributed by atoms with van der Waals surface area (Å²) >= 11 is 0. The first-order valence-electron chi connectivity index (χ1n) is 16.3. The maximum absolute atomic E-state index is 6.36. The molecule has 0 fully saturated rings. The van der Waals surface area contributed by atoms with Crippen LogP contribution in [0.15, 0.2) is 192 Å². The van der Waals surface area contributed by atoms with Gasteiger partial charge in [-0.15, -0.1) is 0 Å². The summed E-state index contributed by atoms with van der Waals surface area (Å²) in [5.74, 6) is 0. The Labute approximate surface area is 279 Å². The molecule has 0 amide bonds. The van der Waals surface area contributed by atoms with Gasteiger partial charge in [0.15, 0.2) is 0 Å². The van der Waals surface area contributed by atoms with Crippen molar-refractivity contribution in [3.63, 3.8) is 0 Å². The SMILES string of the molecule is c1ccc(-c2ccc(-c3ccc(N(c4ccc(-c5cccc6c5oc5ccccc56)cc4)c4ccc5ccccc5c4)cc3)cc2)cc1. The van der Waals surface area contributed by atoms with Crippen LogP contribution in [0, 0.1) is 0 Å². The van der Waals surface area contributed by atoms with Gasteiger partial charge in [-0.25, -0.2) is 0 Å². The van der Waals surface area contributed by atoms with Crippen LogP contribution in [0.5, 0.6) is 0 Å². The van der Waals surface area contributed by atoms with Crippen molar-refractivity contribution in [3.8, 4) is 33.4 Å². The fourth-order valence-corrected chi connectivity index (χ4v) is 6.82. The van der Waals surface area contributed by atoms with Crippen LogP contribution in [0.2, 0.25) is 0 Å². The second kappa shape index (κ2) is 11.8. The number of para-hydroxylation sites is 2. The van der Waals surface area contributed by atoms with Crippen molar-refractivity contribution < 1.29 is 4.42 Å². The Morgan fingerprint density at radius 3 is 1.56 bits per heavy atom. The largest absolute Gasteiger partial charge is 0.455 e. The average Bonchev–Trinajstić information content (AvgIpc) is 3.55. The summed E-state index contributed by atoms with van der Waals surface area (Å²) in [5, 5.41) is 4.72. The number of rotatable bonds is 6. The van der Waals surface area contributed by atoms with Gasteiger partial charge in [0.05, 0.1) is 0 Å². The summed E-state index contributed by atoms with van der Waals surface area (Å²) in [5.41, 5.74) is 12.2. The third-order valence-corrected chi connectivity index (χ3v) is 9.28. The lowest BCUT2D eigenvalue weighted by molar-refractivity contribution is 0.670. The van der Waals surface area contributed by atoms with Crippen molar-refractivity contribution >= 4 is 49.8 Å². The number of furan rings is 1. The molecule has 9 rings (SSSR count). The molecule has 0 aliphatic carbocycles. The smallest absolute Gasteiger partial charge is 0.143 e. The van der Waals surface area contributed by atoms with E-state index in [1.807, 2.05) is 12.1 Å². The molecule has 48 heavy (non-hydrogen) atoms. The Balaban J connectivity index is 1.09. The molecule has 1 aromatic heterocycles. The third kappa shape index (κ3) is 5.01. The number of hydrogen-bond acceptors (Lipinski definition) is 2. The minimum atomic E-state index is 0.912. The third-order valence-electron chi connectivity index (χ3n) is 9.28. The second-order valence-electron chi connectivity index (χ2n) is 12.2. The molecule has 2 heteroatoms. The Hall–Kier alpha value is -6.38. The zero-order chi connectivity index (χ0) is 31.9. The Morgan fingerprint density at radius 2 is 0.854 bits per heavy atom. The molecule has 0 unspecified atom stereocenters. The van der Waals surface area contributed by atoms with E-state index in [1.165, 1.54) is 33.0 Å². The van der Waals surface area contributed by atoms with Crippen LogP contribution in [-0.2, 0) is 0 Å². The van der Waals surface area contributed by atoms with Gasteiger partial charge in [0.2, 0.25) is 0 Å². The lowest BCUT2D eigenvalue weighted by atomic mass is 10.00. The van der Waals surface area contributed by atoms with Crippen LogP contribution >= 0.6 is 0 Å². The van der Waals surface area contributed by atoms with E-state index < -0.39 is 0 Å². The van der Waals surface area contributed by atoms with E-state index in [2.05, 4.69) is 181 Å². The molecule has 0 N–H and O–H groups in total. The monoisotopic (exact) mass is 613 g/mol. The van der Waals surface area contributed by atoms with Gasteiger partial charge >= 0.3 is 0 Å². The minimum absolute atomic E-state index is 0.912. The van der Waals surface area contributed by atoms with Gasteiger partial charge in [-0.3, -0.25) is 0 Å². The molecule has 9 aromatic rings. The predicted octanol–water partition coefficient (Wildman–Crippen LogP) is 13.2. The molecular formula is C46H31NO. The molecule has 0 atom stereocenters. The second-order valence-corrected chi connectivity index (χ2v) is 12.2. The first-order chi connectivity index (χ1) is 23.8. The van der Waals surface area contributed by atoms with Gasteiger partial charge in [-0.05, 0) is 81.1 Å². The molecule has 1 heterocycles. The van der Waals surface area contributed by atoms with Crippen molar-refractivity contribution in [1.29, 1.82) is 0 Å². The maximum Gasteiger partial charge on any atom is 0.143 e. The zero-order valence-electron chi connectivity index (χ0n) is 26.3. The number of anilines is 3. The Bertz CT molecular complexity index is 2530. The molecule has 0 aliphatic heterocycles. The highest BCUT2D eigenvalue weighted by atomic mass is 16.3. The van der Waals surface area contributed by atoms with E-state index in [1.54, 1.807) is 0 Å². The molecule has 226 valence electrons. The Kier molecular flexibility index (Phi) is 6.84. The number of hydrogen-bond donors (Lipinski definition) is 0. The van der Waals surface area contributed by atoms with Crippen LogP contribution in [0.3, 0.4) is 0 Å². The molecule has 8 aromatic carbocycles. The van der Waals surface area contributed by atoms with Crippen LogP contribution in [-0.4, -0.2) is 0 Å². The molecule has 2 nitrogen and oxygen atoms in total. The quantitative estimate of drug-likeness (QED) is 0.185. The summed E-state index contributed by atoms with van der Waals surface area (Å²) in [6, 6.07) is 66.9. The lowest BCUT2D eigenvalue weighted by Gasteiger charge is -2.26. The normalized spacial score (nSPS) is 11.3. The highest BCUT2D eigenvalue weighted by Crippen LogP contribution is 2.40. The standard InChI is InChI=1S/C46H31NO/c1-2-9-32(10-3-1)34-17-19-35(20-18-34)36-21-26-39(27-22-36)47(41-30-23-33-11-4-5-12-38(33)31-41)40-28-24-37(25-29-40)42-14-8-15-44-43-13-6-7-16-45(43)48-46(42)44/h1-31H. The number of nitrogens with zero attached hydrogens (tertiary/aromatic N) is 1. The Morgan fingerprint density at radius 1 is 0.333 bits per heavy atom. The van der Waals surface area contributed by atoms with Crippen molar-refractivity contribution in [3.05, 3.63) is 188 Å². The van der Waals surface area contributed by atoms with E-state index in [9.17, 15) is 0 Å². The van der Waals surface area contributed by atoms with Gasteiger partial charge < -0.3 is 9.32 Å². The average molecular weight is 614 g/mol. The molecule has 0 radical (unpaired) electrons. The van der Waals surface area contributed by atoms with Crippen molar-refractivity contribution in [2.45, 2.75) is 0 Å². The van der Waals surface area contributed by atoms with E-state index in [0.29, 0.717) is 0 Å². The van der Waals surface area contributed by atoms with E-state index in [-0.39, 0.29) is 0 Å². The first-order valence-corrected chi connectivity index (χ1v) is 16.3. The van der Waals surface area contributed by atoms with Crippen LogP contribution < -0.4 is 4.90 Å². The highest BCUT2D eigenvalue weighted by Gasteiger charge is 2.16. The first kappa shape index (κ1) is 27.9. The van der Waals surface area contributed by atoms with Crippen molar-refractivity contribution in [1.82, 2.24) is 0 Å². The number of benzene rings is 8. The number of fused-ring (bicyclic) bond motifs is 4. The fraction of sp³-hybridized carbons (Fsp3) is 0. The fourth-order valence-electron chi connectivity index (χ4n) is 6.82. The molecule has 0 saturated carbocycles. The molecule has 0 aliphatic rings. The summed E-state index contributed by atoms with van der Waals surface area (Å²) in [6.45, 7) is 0. The van der Waals surface area contributed by atoms with Crippen molar-refractivity contribution in [2.75, 3.05) is 4.90 Å². The van der Waals surface area contributed by atoms with Crippen LogP contribution in [0.1, 0.15) is 0 Å². The van der Waals surface area contributed by atoms with Crippen LogP contribution in [0.4, 0.5) is 17.1 Å². The van der Waals surface area contributed by atoms with E-state index in [0.717, 1.165) is 50.1 Å². The molecular weight excluding hydrogens is 583 g/mol. The maximum atomic E-state index is 6.36. The minimum Gasteiger partial charge on any atom is -0.455 e. The molecule has 0 bridgehead atoms. The van der Waals surface area contributed by atoms with Gasteiger partial charge in [-0.1, -0.05) is 146 Å². The van der Waals surface area contributed by atoms with Gasteiger partial charge in [0.1, 0.15) is 11.2 Å².